The standard InChI is InChI=1S/C9H15N3O2/c1-5(2)8-11-9(14-12-8)7-3-6(13)4-10-7/h5-7,10,13H,3-4H2,1-2H3/t6?,7-/m0/s1. The number of hydrogen-bond donors (Lipinski definition) is 2. The molecule has 1 aromatic heterocycles. The zero-order valence-electron chi connectivity index (χ0n) is 8.40. The highest BCUT2D eigenvalue weighted by Crippen LogP contribution is 2.22. The number of aliphatic hydroxyl groups is 1. The molecule has 1 aliphatic rings. The maximum atomic E-state index is 9.32. The molecule has 5 heteroatoms. The van der Waals surface area contributed by atoms with Gasteiger partial charge in [0.1, 0.15) is 0 Å². The van der Waals surface area contributed by atoms with Crippen LogP contribution >= 0.6 is 0 Å². The third-order valence-electron chi connectivity index (χ3n) is 2.38. The van der Waals surface area contributed by atoms with Gasteiger partial charge in [0, 0.05) is 12.5 Å². The maximum Gasteiger partial charge on any atom is 0.243 e. The average molecular weight is 197 g/mol. The number of hydrogen-bond acceptors (Lipinski definition) is 5. The van der Waals surface area contributed by atoms with Crippen LogP contribution in [0.4, 0.5) is 0 Å². The summed E-state index contributed by atoms with van der Waals surface area (Å²) in [5, 5.41) is 16.3. The molecule has 2 rings (SSSR count). The van der Waals surface area contributed by atoms with E-state index in [1.54, 1.807) is 0 Å². The Morgan fingerprint density at radius 2 is 2.36 bits per heavy atom. The van der Waals surface area contributed by atoms with Gasteiger partial charge in [0.2, 0.25) is 5.89 Å². The van der Waals surface area contributed by atoms with Crippen LogP contribution in [-0.4, -0.2) is 27.9 Å². The largest absolute Gasteiger partial charge is 0.392 e. The lowest BCUT2D eigenvalue weighted by Gasteiger charge is -2.01. The first-order valence-corrected chi connectivity index (χ1v) is 4.91. The minimum absolute atomic E-state index is 0.0185. The highest BCUT2D eigenvalue weighted by Gasteiger charge is 2.28. The quantitative estimate of drug-likeness (QED) is 0.726. The van der Waals surface area contributed by atoms with Crippen molar-refractivity contribution in [3.05, 3.63) is 11.7 Å². The molecule has 2 heterocycles. The fraction of sp³-hybridized carbons (Fsp3) is 0.778. The second kappa shape index (κ2) is 3.67. The summed E-state index contributed by atoms with van der Waals surface area (Å²) < 4.78 is 5.12. The number of nitrogens with zero attached hydrogens (tertiary/aromatic N) is 2. The summed E-state index contributed by atoms with van der Waals surface area (Å²) in [5.74, 6) is 1.59. The number of β-amino-alcohol motifs (C(OH)–C–C–N with tert-alkyl or cyclic N) is 1. The summed E-state index contributed by atoms with van der Waals surface area (Å²) in [6, 6.07) is 0.0185. The summed E-state index contributed by atoms with van der Waals surface area (Å²) in [6.45, 7) is 4.64. The summed E-state index contributed by atoms with van der Waals surface area (Å²) >= 11 is 0. The molecule has 1 aliphatic heterocycles. The summed E-state index contributed by atoms with van der Waals surface area (Å²) in [4.78, 5) is 4.27. The van der Waals surface area contributed by atoms with Crippen molar-refractivity contribution in [2.45, 2.75) is 38.3 Å². The van der Waals surface area contributed by atoms with E-state index >= 15 is 0 Å². The van der Waals surface area contributed by atoms with E-state index in [1.807, 2.05) is 13.8 Å². The van der Waals surface area contributed by atoms with E-state index in [1.165, 1.54) is 0 Å². The Labute approximate surface area is 82.5 Å². The third-order valence-corrected chi connectivity index (χ3v) is 2.38. The van der Waals surface area contributed by atoms with Gasteiger partial charge in [0.15, 0.2) is 5.82 Å². The molecule has 1 saturated heterocycles. The van der Waals surface area contributed by atoms with Gasteiger partial charge < -0.3 is 14.9 Å². The van der Waals surface area contributed by atoms with Gasteiger partial charge in [-0.1, -0.05) is 19.0 Å². The van der Waals surface area contributed by atoms with E-state index in [0.717, 1.165) is 5.82 Å². The van der Waals surface area contributed by atoms with E-state index < -0.39 is 0 Å². The van der Waals surface area contributed by atoms with Crippen LogP contribution in [0, 0.1) is 0 Å². The number of nitrogens with one attached hydrogen (secondary N) is 1. The average Bonchev–Trinajstić information content (AvgIpc) is 2.70. The van der Waals surface area contributed by atoms with Crippen molar-refractivity contribution < 1.29 is 9.63 Å². The Morgan fingerprint density at radius 1 is 1.57 bits per heavy atom. The molecule has 0 radical (unpaired) electrons. The Bertz CT molecular complexity index is 311. The molecule has 2 atom stereocenters. The zero-order chi connectivity index (χ0) is 10.1. The van der Waals surface area contributed by atoms with Crippen LogP contribution in [-0.2, 0) is 0 Å². The Kier molecular flexibility index (Phi) is 2.52. The normalized spacial score (nSPS) is 27.4. The second-order valence-electron chi connectivity index (χ2n) is 4.00. The summed E-state index contributed by atoms with van der Waals surface area (Å²) in [5.41, 5.74) is 0. The first-order valence-electron chi connectivity index (χ1n) is 4.91. The fourth-order valence-electron chi connectivity index (χ4n) is 1.53. The van der Waals surface area contributed by atoms with Crippen LogP contribution < -0.4 is 5.32 Å². The fourth-order valence-corrected chi connectivity index (χ4v) is 1.53. The van der Waals surface area contributed by atoms with Crippen molar-refractivity contribution in [2.75, 3.05) is 6.54 Å². The van der Waals surface area contributed by atoms with Gasteiger partial charge in [-0.3, -0.25) is 0 Å². The van der Waals surface area contributed by atoms with E-state index in [2.05, 4.69) is 15.5 Å². The molecule has 1 unspecified atom stereocenters. The molecule has 1 fully saturated rings. The second-order valence-corrected chi connectivity index (χ2v) is 4.00. The lowest BCUT2D eigenvalue weighted by molar-refractivity contribution is 0.191. The van der Waals surface area contributed by atoms with Crippen LogP contribution in [0.1, 0.15) is 43.9 Å². The smallest absolute Gasteiger partial charge is 0.243 e. The topological polar surface area (TPSA) is 71.2 Å². The minimum atomic E-state index is -0.297. The SMILES string of the molecule is CC(C)c1noc([C@@H]2CC(O)CN2)n1. The molecular formula is C9H15N3O2. The predicted octanol–water partition coefficient (Wildman–Crippen LogP) is 0.588. The van der Waals surface area contributed by atoms with E-state index in [0.29, 0.717) is 18.9 Å². The molecule has 0 aromatic carbocycles. The number of aromatic nitrogens is 2. The van der Waals surface area contributed by atoms with Crippen molar-refractivity contribution >= 4 is 0 Å². The minimum Gasteiger partial charge on any atom is -0.392 e. The van der Waals surface area contributed by atoms with E-state index in [-0.39, 0.29) is 18.1 Å². The maximum absolute atomic E-state index is 9.32. The highest BCUT2D eigenvalue weighted by molar-refractivity contribution is 4.99. The Morgan fingerprint density at radius 3 is 2.86 bits per heavy atom. The summed E-state index contributed by atoms with van der Waals surface area (Å²) in [7, 11) is 0. The van der Waals surface area contributed by atoms with Gasteiger partial charge in [0.25, 0.3) is 0 Å². The van der Waals surface area contributed by atoms with Gasteiger partial charge in [-0.25, -0.2) is 0 Å². The van der Waals surface area contributed by atoms with Crippen molar-refractivity contribution in [1.29, 1.82) is 0 Å². The Balaban J connectivity index is 2.09. The molecule has 0 saturated carbocycles. The molecular weight excluding hydrogens is 182 g/mol. The molecule has 0 aliphatic carbocycles. The van der Waals surface area contributed by atoms with Crippen molar-refractivity contribution in [1.82, 2.24) is 15.5 Å². The molecule has 0 bridgehead atoms. The Hall–Kier alpha value is -0.940. The lowest BCUT2D eigenvalue weighted by Crippen LogP contribution is -2.15. The van der Waals surface area contributed by atoms with Crippen LogP contribution in [0.15, 0.2) is 4.52 Å². The molecule has 2 N–H and O–H groups in total. The van der Waals surface area contributed by atoms with Crippen molar-refractivity contribution in [3.8, 4) is 0 Å². The van der Waals surface area contributed by atoms with Crippen molar-refractivity contribution in [3.63, 3.8) is 0 Å². The lowest BCUT2D eigenvalue weighted by atomic mass is 10.2. The molecule has 5 nitrogen and oxygen atoms in total. The van der Waals surface area contributed by atoms with Gasteiger partial charge in [0.05, 0.1) is 12.1 Å². The number of aliphatic hydroxyl groups excluding tert-OH is 1. The van der Waals surface area contributed by atoms with Crippen molar-refractivity contribution in [2.24, 2.45) is 0 Å². The number of rotatable bonds is 2. The zero-order valence-corrected chi connectivity index (χ0v) is 8.40. The molecule has 0 spiro atoms. The van der Waals surface area contributed by atoms with Crippen LogP contribution in [0.2, 0.25) is 0 Å². The van der Waals surface area contributed by atoms with Gasteiger partial charge >= 0.3 is 0 Å². The van der Waals surface area contributed by atoms with Gasteiger partial charge in [-0.05, 0) is 6.42 Å². The van der Waals surface area contributed by atoms with Crippen LogP contribution in [0.3, 0.4) is 0 Å². The van der Waals surface area contributed by atoms with Gasteiger partial charge in [-0.15, -0.1) is 0 Å². The molecule has 78 valence electrons. The molecule has 0 amide bonds. The van der Waals surface area contributed by atoms with E-state index in [9.17, 15) is 5.11 Å². The molecule has 14 heavy (non-hydrogen) atoms. The monoisotopic (exact) mass is 197 g/mol. The first-order chi connectivity index (χ1) is 6.66. The van der Waals surface area contributed by atoms with Crippen LogP contribution in [0.25, 0.3) is 0 Å². The van der Waals surface area contributed by atoms with Crippen LogP contribution in [0.5, 0.6) is 0 Å². The molecule has 1 aromatic rings. The van der Waals surface area contributed by atoms with Gasteiger partial charge in [-0.2, -0.15) is 4.98 Å². The first kappa shape index (κ1) is 9.61. The third kappa shape index (κ3) is 1.78. The predicted molar refractivity (Wildman–Crippen MR) is 49.8 cm³/mol. The van der Waals surface area contributed by atoms with E-state index in [4.69, 9.17) is 4.52 Å². The summed E-state index contributed by atoms with van der Waals surface area (Å²) in [6.07, 6.45) is 0.356. The highest BCUT2D eigenvalue weighted by atomic mass is 16.5.